The van der Waals surface area contributed by atoms with E-state index in [2.05, 4.69) is 25.1 Å². The van der Waals surface area contributed by atoms with Crippen LogP contribution in [0.15, 0.2) is 57.9 Å². The molecule has 2 aromatic heterocycles. The second kappa shape index (κ2) is 9.05. The fraction of sp³-hybridized carbons (Fsp3) is 0.238. The van der Waals surface area contributed by atoms with Gasteiger partial charge in [0.05, 0.1) is 4.90 Å². The predicted octanol–water partition coefficient (Wildman–Crippen LogP) is 4.40. The van der Waals surface area contributed by atoms with Crippen LogP contribution in [-0.2, 0) is 16.6 Å². The van der Waals surface area contributed by atoms with Crippen molar-refractivity contribution in [3.8, 4) is 17.2 Å². The van der Waals surface area contributed by atoms with E-state index in [1.54, 1.807) is 12.1 Å². The zero-order valence-corrected chi connectivity index (χ0v) is 19.3. The lowest BCUT2D eigenvalue weighted by Crippen LogP contribution is -2.12. The quantitative estimate of drug-likeness (QED) is 0.401. The third-order valence-electron chi connectivity index (χ3n) is 4.42. The average Bonchev–Trinajstić information content (AvgIpc) is 3.43. The summed E-state index contributed by atoms with van der Waals surface area (Å²) in [4.78, 5) is 4.41. The molecule has 4 rings (SSSR count). The average molecular weight is 472 g/mol. The molecule has 2 heterocycles. The van der Waals surface area contributed by atoms with Crippen LogP contribution >= 0.6 is 11.3 Å². The Morgan fingerprint density at radius 2 is 1.78 bits per heavy atom. The summed E-state index contributed by atoms with van der Waals surface area (Å²) >= 11 is 1.21. The van der Waals surface area contributed by atoms with Gasteiger partial charge in [-0.2, -0.15) is 4.98 Å². The van der Waals surface area contributed by atoms with Crippen LogP contribution in [0.25, 0.3) is 11.5 Å². The first kappa shape index (κ1) is 21.9. The number of ether oxygens (including phenoxy) is 1. The summed E-state index contributed by atoms with van der Waals surface area (Å²) < 4.78 is 38.6. The minimum absolute atomic E-state index is 0.0858. The zero-order valence-electron chi connectivity index (χ0n) is 17.6. The summed E-state index contributed by atoms with van der Waals surface area (Å²) in [5.41, 5.74) is 1.97. The topological polar surface area (TPSA) is 120 Å². The molecular formula is C21H21N5O4S2. The Balaban J connectivity index is 1.38. The Hall–Kier alpha value is -3.31. The number of aromatic nitrogens is 4. The van der Waals surface area contributed by atoms with Crippen LogP contribution in [0.4, 0.5) is 5.13 Å². The van der Waals surface area contributed by atoms with Gasteiger partial charge < -0.3 is 9.26 Å². The van der Waals surface area contributed by atoms with Gasteiger partial charge in [0, 0.05) is 11.5 Å². The number of hydrogen-bond donors (Lipinski definition) is 1. The second-order valence-corrected chi connectivity index (χ2v) is 10.0. The molecule has 0 aliphatic carbocycles. The van der Waals surface area contributed by atoms with Crippen LogP contribution in [0.2, 0.25) is 0 Å². The molecule has 0 unspecified atom stereocenters. The number of nitrogens with zero attached hydrogens (tertiary/aromatic N) is 4. The highest BCUT2D eigenvalue weighted by Crippen LogP contribution is 2.25. The number of sulfonamides is 1. The molecule has 1 N–H and O–H groups in total. The van der Waals surface area contributed by atoms with Crippen molar-refractivity contribution in [1.82, 2.24) is 20.3 Å². The maximum atomic E-state index is 12.6. The third kappa shape index (κ3) is 5.11. The lowest BCUT2D eigenvalue weighted by molar-refractivity contribution is 0.287. The summed E-state index contributed by atoms with van der Waals surface area (Å²) in [5.74, 6) is 1.45. The van der Waals surface area contributed by atoms with Crippen molar-refractivity contribution < 1.29 is 17.7 Å². The summed E-state index contributed by atoms with van der Waals surface area (Å²) in [5, 5.41) is 12.8. The number of rotatable bonds is 8. The number of benzene rings is 2. The number of nitrogens with one attached hydrogen (secondary N) is 1. The molecule has 32 heavy (non-hydrogen) atoms. The largest absolute Gasteiger partial charge is 0.485 e. The van der Waals surface area contributed by atoms with Gasteiger partial charge in [0.15, 0.2) is 6.61 Å². The summed E-state index contributed by atoms with van der Waals surface area (Å²) in [6.45, 7) is 6.02. The van der Waals surface area contributed by atoms with Crippen molar-refractivity contribution in [1.29, 1.82) is 0 Å². The van der Waals surface area contributed by atoms with Crippen LogP contribution in [0, 0.1) is 6.92 Å². The summed E-state index contributed by atoms with van der Waals surface area (Å²) in [6.07, 6.45) is 0. The standard InChI is InChI=1S/C21H21N5O4S2/c1-13(2)20-23-24-21(31-20)26-32(27,28)17-10-8-16(9-11-17)29-12-18-22-19(30-25-18)15-6-4-14(3)5-7-15/h4-11,13H,12H2,1-3H3,(H,24,26). The first-order valence-electron chi connectivity index (χ1n) is 9.79. The minimum atomic E-state index is -3.78. The van der Waals surface area contributed by atoms with Crippen LogP contribution in [0.3, 0.4) is 0 Å². The van der Waals surface area contributed by atoms with E-state index < -0.39 is 10.0 Å². The van der Waals surface area contributed by atoms with Crippen molar-refractivity contribution in [2.24, 2.45) is 0 Å². The fourth-order valence-corrected chi connectivity index (χ4v) is 4.65. The third-order valence-corrected chi connectivity index (χ3v) is 7.05. The van der Waals surface area contributed by atoms with Crippen LogP contribution < -0.4 is 9.46 Å². The molecule has 0 spiro atoms. The molecule has 0 atom stereocenters. The monoisotopic (exact) mass is 471 g/mol. The molecular weight excluding hydrogens is 450 g/mol. The Bertz CT molecular complexity index is 1300. The van der Waals surface area contributed by atoms with E-state index in [-0.39, 0.29) is 22.6 Å². The maximum absolute atomic E-state index is 12.6. The van der Waals surface area contributed by atoms with Gasteiger partial charge in [0.2, 0.25) is 11.0 Å². The van der Waals surface area contributed by atoms with Crippen molar-refractivity contribution in [3.05, 3.63) is 64.9 Å². The van der Waals surface area contributed by atoms with Crippen molar-refractivity contribution in [3.63, 3.8) is 0 Å². The minimum Gasteiger partial charge on any atom is -0.485 e. The smallest absolute Gasteiger partial charge is 0.263 e. The molecule has 0 aliphatic heterocycles. The summed E-state index contributed by atoms with van der Waals surface area (Å²) in [6, 6.07) is 13.8. The molecule has 11 heteroatoms. The van der Waals surface area contributed by atoms with E-state index in [1.807, 2.05) is 45.0 Å². The van der Waals surface area contributed by atoms with Crippen molar-refractivity contribution in [2.75, 3.05) is 4.72 Å². The molecule has 0 bridgehead atoms. The molecule has 4 aromatic rings. The Morgan fingerprint density at radius 1 is 1.06 bits per heavy atom. The Morgan fingerprint density at radius 3 is 2.44 bits per heavy atom. The van der Waals surface area contributed by atoms with E-state index in [4.69, 9.17) is 9.26 Å². The van der Waals surface area contributed by atoms with Crippen molar-refractivity contribution in [2.45, 2.75) is 38.2 Å². The zero-order chi connectivity index (χ0) is 22.7. The normalized spacial score (nSPS) is 11.6. The first-order valence-corrected chi connectivity index (χ1v) is 12.1. The molecule has 2 aromatic carbocycles. The van der Waals surface area contributed by atoms with E-state index in [0.717, 1.165) is 16.1 Å². The molecule has 0 aliphatic rings. The second-order valence-electron chi connectivity index (χ2n) is 7.35. The number of hydrogen-bond acceptors (Lipinski definition) is 9. The molecule has 9 nitrogen and oxygen atoms in total. The lowest BCUT2D eigenvalue weighted by atomic mass is 10.1. The molecule has 0 saturated heterocycles. The summed E-state index contributed by atoms with van der Waals surface area (Å²) in [7, 11) is -3.78. The lowest BCUT2D eigenvalue weighted by Gasteiger charge is -2.07. The van der Waals surface area contributed by atoms with Crippen LogP contribution in [0.5, 0.6) is 5.75 Å². The maximum Gasteiger partial charge on any atom is 0.263 e. The van der Waals surface area contributed by atoms with Gasteiger partial charge >= 0.3 is 0 Å². The number of anilines is 1. The molecule has 0 fully saturated rings. The molecule has 0 saturated carbocycles. The predicted molar refractivity (Wildman–Crippen MR) is 120 cm³/mol. The van der Waals surface area contributed by atoms with Crippen LogP contribution in [-0.4, -0.2) is 28.8 Å². The highest BCUT2D eigenvalue weighted by Gasteiger charge is 2.18. The van der Waals surface area contributed by atoms with Gasteiger partial charge in [-0.15, -0.1) is 10.2 Å². The molecule has 0 radical (unpaired) electrons. The van der Waals surface area contributed by atoms with Crippen LogP contribution in [0.1, 0.15) is 36.2 Å². The van der Waals surface area contributed by atoms with Gasteiger partial charge in [-0.25, -0.2) is 8.42 Å². The SMILES string of the molecule is Cc1ccc(-c2nc(COc3ccc(S(=O)(=O)Nc4nnc(C(C)C)s4)cc3)no2)cc1. The van der Waals surface area contributed by atoms with Gasteiger partial charge in [-0.1, -0.05) is 48.0 Å². The van der Waals surface area contributed by atoms with E-state index in [9.17, 15) is 8.42 Å². The van der Waals surface area contributed by atoms with E-state index >= 15 is 0 Å². The fourth-order valence-electron chi connectivity index (χ4n) is 2.67. The molecule has 0 amide bonds. The number of aryl methyl sites for hydroxylation is 1. The van der Waals surface area contributed by atoms with Gasteiger partial charge in [0.1, 0.15) is 10.8 Å². The highest BCUT2D eigenvalue weighted by molar-refractivity contribution is 7.93. The van der Waals surface area contributed by atoms with E-state index in [1.165, 1.54) is 23.5 Å². The first-order chi connectivity index (χ1) is 15.3. The Kier molecular flexibility index (Phi) is 6.19. The Labute approximate surface area is 189 Å². The van der Waals surface area contributed by atoms with Gasteiger partial charge in [-0.05, 0) is 43.3 Å². The highest BCUT2D eigenvalue weighted by atomic mass is 32.2. The van der Waals surface area contributed by atoms with Crippen molar-refractivity contribution >= 4 is 26.5 Å². The van der Waals surface area contributed by atoms with E-state index in [0.29, 0.717) is 17.5 Å². The van der Waals surface area contributed by atoms with Gasteiger partial charge in [-0.3, -0.25) is 4.72 Å². The van der Waals surface area contributed by atoms with Gasteiger partial charge in [0.25, 0.3) is 15.9 Å². The molecule has 166 valence electrons.